The lowest BCUT2D eigenvalue weighted by molar-refractivity contribution is 0.234. The maximum Gasteiger partial charge on any atom is 0.167 e. The Labute approximate surface area is 106 Å². The Bertz CT molecular complexity index is 533. The van der Waals surface area contributed by atoms with Gasteiger partial charge in [0.25, 0.3) is 0 Å². The van der Waals surface area contributed by atoms with Crippen molar-refractivity contribution in [2.45, 2.75) is 33.4 Å². The Morgan fingerprint density at radius 3 is 2.83 bits per heavy atom. The van der Waals surface area contributed by atoms with Gasteiger partial charge < -0.3 is 9.88 Å². The van der Waals surface area contributed by atoms with Crippen LogP contribution in [0.25, 0.3) is 11.4 Å². The molecule has 2 aromatic heterocycles. The molecule has 6 heteroatoms. The van der Waals surface area contributed by atoms with E-state index < -0.39 is 0 Å². The van der Waals surface area contributed by atoms with E-state index in [0.29, 0.717) is 0 Å². The SMILES string of the molecule is CC(C)(C)C1NCCn2c(-c3cn[nH]c3)nnc21. The quantitative estimate of drug-likeness (QED) is 0.797. The first-order valence-corrected chi connectivity index (χ1v) is 6.23. The second-order valence-electron chi connectivity index (χ2n) is 5.77. The van der Waals surface area contributed by atoms with E-state index in [-0.39, 0.29) is 11.5 Å². The highest BCUT2D eigenvalue weighted by Crippen LogP contribution is 2.34. The van der Waals surface area contributed by atoms with Gasteiger partial charge in [0.05, 0.1) is 17.8 Å². The Morgan fingerprint density at radius 2 is 2.17 bits per heavy atom. The number of rotatable bonds is 1. The van der Waals surface area contributed by atoms with Crippen molar-refractivity contribution in [1.29, 1.82) is 0 Å². The number of aromatic nitrogens is 5. The van der Waals surface area contributed by atoms with Gasteiger partial charge >= 0.3 is 0 Å². The topological polar surface area (TPSA) is 71.4 Å². The van der Waals surface area contributed by atoms with Crippen LogP contribution in [0.1, 0.15) is 32.6 Å². The van der Waals surface area contributed by atoms with E-state index in [1.807, 2.05) is 6.20 Å². The van der Waals surface area contributed by atoms with Crippen LogP contribution >= 0.6 is 0 Å². The smallest absolute Gasteiger partial charge is 0.167 e. The van der Waals surface area contributed by atoms with Crippen LogP contribution in [0, 0.1) is 5.41 Å². The van der Waals surface area contributed by atoms with Gasteiger partial charge in [-0.2, -0.15) is 5.10 Å². The highest BCUT2D eigenvalue weighted by Gasteiger charge is 2.33. The third-order valence-corrected chi connectivity index (χ3v) is 3.34. The fourth-order valence-electron chi connectivity index (χ4n) is 2.44. The maximum atomic E-state index is 4.37. The lowest BCUT2D eigenvalue weighted by atomic mass is 9.85. The van der Waals surface area contributed by atoms with Crippen molar-refractivity contribution >= 4 is 0 Å². The third kappa shape index (κ3) is 1.73. The molecular formula is C12H18N6. The van der Waals surface area contributed by atoms with Crippen LogP contribution < -0.4 is 5.32 Å². The first kappa shape index (κ1) is 11.4. The number of nitrogens with one attached hydrogen (secondary N) is 2. The van der Waals surface area contributed by atoms with Crippen molar-refractivity contribution in [3.8, 4) is 11.4 Å². The Balaban J connectivity index is 2.06. The first-order chi connectivity index (χ1) is 8.57. The van der Waals surface area contributed by atoms with Gasteiger partial charge in [-0.25, -0.2) is 0 Å². The lowest BCUT2D eigenvalue weighted by Crippen LogP contribution is -2.40. The summed E-state index contributed by atoms with van der Waals surface area (Å²) in [6.45, 7) is 8.48. The average Bonchev–Trinajstić information content (AvgIpc) is 2.95. The van der Waals surface area contributed by atoms with Crippen LogP contribution in [0.4, 0.5) is 0 Å². The predicted octanol–water partition coefficient (Wildman–Crippen LogP) is 1.36. The van der Waals surface area contributed by atoms with Crippen LogP contribution in [0.5, 0.6) is 0 Å². The molecule has 6 nitrogen and oxygen atoms in total. The number of H-pyrrole nitrogens is 1. The molecule has 3 rings (SSSR count). The number of hydrogen-bond acceptors (Lipinski definition) is 4. The van der Waals surface area contributed by atoms with E-state index in [2.05, 4.69) is 51.0 Å². The molecule has 18 heavy (non-hydrogen) atoms. The second-order valence-corrected chi connectivity index (χ2v) is 5.77. The fourth-order valence-corrected chi connectivity index (χ4v) is 2.44. The van der Waals surface area contributed by atoms with Crippen molar-refractivity contribution in [3.63, 3.8) is 0 Å². The molecular weight excluding hydrogens is 228 g/mol. The summed E-state index contributed by atoms with van der Waals surface area (Å²) in [6.07, 6.45) is 3.64. The zero-order valence-electron chi connectivity index (χ0n) is 10.9. The molecule has 3 heterocycles. The van der Waals surface area contributed by atoms with Crippen LogP contribution in [0.15, 0.2) is 12.4 Å². The molecule has 1 aliphatic heterocycles. The van der Waals surface area contributed by atoms with Gasteiger partial charge in [0.15, 0.2) is 11.6 Å². The van der Waals surface area contributed by atoms with Gasteiger partial charge in [-0.3, -0.25) is 5.10 Å². The minimum Gasteiger partial charge on any atom is -0.308 e. The van der Waals surface area contributed by atoms with Crippen LogP contribution in [-0.2, 0) is 6.54 Å². The van der Waals surface area contributed by atoms with Gasteiger partial charge in [0, 0.05) is 19.3 Å². The largest absolute Gasteiger partial charge is 0.308 e. The van der Waals surface area contributed by atoms with Crippen molar-refractivity contribution in [3.05, 3.63) is 18.2 Å². The number of fused-ring (bicyclic) bond motifs is 1. The number of nitrogens with zero attached hydrogens (tertiary/aromatic N) is 4. The van der Waals surface area contributed by atoms with Crippen LogP contribution in [-0.4, -0.2) is 31.5 Å². The highest BCUT2D eigenvalue weighted by atomic mass is 15.3. The predicted molar refractivity (Wildman–Crippen MR) is 67.8 cm³/mol. The summed E-state index contributed by atoms with van der Waals surface area (Å²) < 4.78 is 2.19. The normalized spacial score (nSPS) is 19.8. The molecule has 1 aliphatic rings. The zero-order chi connectivity index (χ0) is 12.8. The Morgan fingerprint density at radius 1 is 1.33 bits per heavy atom. The Kier molecular flexibility index (Phi) is 2.48. The molecule has 0 spiro atoms. The molecule has 0 aromatic carbocycles. The summed E-state index contributed by atoms with van der Waals surface area (Å²) >= 11 is 0. The van der Waals surface area contributed by atoms with E-state index in [4.69, 9.17) is 0 Å². The van der Waals surface area contributed by atoms with Gasteiger partial charge in [-0.15, -0.1) is 10.2 Å². The van der Waals surface area contributed by atoms with Crippen molar-refractivity contribution < 1.29 is 0 Å². The summed E-state index contributed by atoms with van der Waals surface area (Å²) in [6, 6.07) is 0.236. The lowest BCUT2D eigenvalue weighted by Gasteiger charge is -2.34. The van der Waals surface area contributed by atoms with Crippen molar-refractivity contribution in [2.75, 3.05) is 6.54 Å². The monoisotopic (exact) mass is 246 g/mol. The van der Waals surface area contributed by atoms with E-state index in [0.717, 1.165) is 30.3 Å². The highest BCUT2D eigenvalue weighted by molar-refractivity contribution is 5.52. The van der Waals surface area contributed by atoms with Gasteiger partial charge in [-0.1, -0.05) is 20.8 Å². The Hall–Kier alpha value is -1.69. The molecule has 2 aromatic rings. The average molecular weight is 246 g/mol. The van der Waals surface area contributed by atoms with Gasteiger partial charge in [-0.05, 0) is 5.41 Å². The zero-order valence-corrected chi connectivity index (χ0v) is 10.9. The summed E-state index contributed by atoms with van der Waals surface area (Å²) in [5, 5.41) is 19.0. The minimum absolute atomic E-state index is 0.124. The van der Waals surface area contributed by atoms with Crippen molar-refractivity contribution in [2.24, 2.45) is 5.41 Å². The van der Waals surface area contributed by atoms with Crippen molar-refractivity contribution in [1.82, 2.24) is 30.3 Å². The molecule has 0 radical (unpaired) electrons. The van der Waals surface area contributed by atoms with E-state index in [1.54, 1.807) is 6.20 Å². The first-order valence-electron chi connectivity index (χ1n) is 6.23. The molecule has 0 saturated carbocycles. The number of aromatic amines is 1. The van der Waals surface area contributed by atoms with Crippen LogP contribution in [0.2, 0.25) is 0 Å². The molecule has 2 N–H and O–H groups in total. The molecule has 1 atom stereocenters. The molecule has 0 amide bonds. The summed E-state index contributed by atoms with van der Waals surface area (Å²) in [5.41, 5.74) is 1.11. The molecule has 0 saturated heterocycles. The van der Waals surface area contributed by atoms with E-state index in [9.17, 15) is 0 Å². The maximum absolute atomic E-state index is 4.37. The van der Waals surface area contributed by atoms with Crippen LogP contribution in [0.3, 0.4) is 0 Å². The standard InChI is InChI=1S/C12H18N6/c1-12(2,3)9-11-17-16-10(8-6-14-15-7-8)18(11)5-4-13-9/h6-7,9,13H,4-5H2,1-3H3,(H,14,15). The molecule has 1 unspecified atom stereocenters. The fraction of sp³-hybridized carbons (Fsp3) is 0.583. The van der Waals surface area contributed by atoms with Gasteiger partial charge in [0.1, 0.15) is 0 Å². The van der Waals surface area contributed by atoms with E-state index >= 15 is 0 Å². The molecule has 0 bridgehead atoms. The minimum atomic E-state index is 0.124. The summed E-state index contributed by atoms with van der Waals surface area (Å²) in [4.78, 5) is 0. The summed E-state index contributed by atoms with van der Waals surface area (Å²) in [5.74, 6) is 1.92. The second kappa shape index (κ2) is 3.91. The van der Waals surface area contributed by atoms with E-state index in [1.165, 1.54) is 0 Å². The third-order valence-electron chi connectivity index (χ3n) is 3.34. The van der Waals surface area contributed by atoms with Gasteiger partial charge in [0.2, 0.25) is 0 Å². The molecule has 0 fully saturated rings. The number of hydrogen-bond donors (Lipinski definition) is 2. The molecule has 96 valence electrons. The summed E-state index contributed by atoms with van der Waals surface area (Å²) in [7, 11) is 0. The molecule has 0 aliphatic carbocycles.